The van der Waals surface area contributed by atoms with Crippen LogP contribution in [0.3, 0.4) is 0 Å². The van der Waals surface area contributed by atoms with E-state index in [4.69, 9.17) is 0 Å². The minimum absolute atomic E-state index is 0.132. The van der Waals surface area contributed by atoms with Crippen LogP contribution >= 0.6 is 0 Å². The fourth-order valence-electron chi connectivity index (χ4n) is 3.92. The number of nitrogens with zero attached hydrogens (tertiary/aromatic N) is 2. The van der Waals surface area contributed by atoms with Crippen molar-refractivity contribution in [3.05, 3.63) is 59.2 Å². The summed E-state index contributed by atoms with van der Waals surface area (Å²) in [4.78, 5) is 29.4. The maximum Gasteiger partial charge on any atom is 0.169 e. The van der Waals surface area contributed by atoms with E-state index < -0.39 is 5.92 Å². The number of phenols is 2. The van der Waals surface area contributed by atoms with E-state index >= 15 is 0 Å². The van der Waals surface area contributed by atoms with E-state index in [2.05, 4.69) is 0 Å². The summed E-state index contributed by atoms with van der Waals surface area (Å²) >= 11 is 0. The van der Waals surface area contributed by atoms with Gasteiger partial charge in [-0.25, -0.2) is 0 Å². The minimum Gasteiger partial charge on any atom is -0.506 e. The number of aromatic hydroxyl groups is 2. The Hall–Kier alpha value is -3.54. The number of hydrogen-bond acceptors (Lipinski definition) is 6. The van der Waals surface area contributed by atoms with Gasteiger partial charge in [0.1, 0.15) is 11.5 Å². The number of ketones is 2. The molecule has 0 aromatic heterocycles. The summed E-state index contributed by atoms with van der Waals surface area (Å²) in [5.41, 5.74) is 3.42. The van der Waals surface area contributed by atoms with Gasteiger partial charge in [-0.3, -0.25) is 9.59 Å². The predicted octanol–water partition coefficient (Wildman–Crippen LogP) is 4.26. The second kappa shape index (κ2) is 9.73. The number of carbonyl (C=O) groups is 2. The van der Waals surface area contributed by atoms with E-state index in [0.717, 1.165) is 12.0 Å². The van der Waals surface area contributed by atoms with Crippen LogP contribution in [-0.2, 0) is 9.59 Å². The number of hydrogen-bond donors (Lipinski definition) is 2. The lowest BCUT2D eigenvalue weighted by molar-refractivity contribution is -0.129. The van der Waals surface area contributed by atoms with Crippen LogP contribution in [0.2, 0.25) is 0 Å². The maximum absolute atomic E-state index is 13.0. The molecule has 6 heteroatoms. The highest BCUT2D eigenvalue weighted by atomic mass is 16.3. The third-order valence-electron chi connectivity index (χ3n) is 5.66. The molecule has 2 aromatic carbocycles. The molecule has 3 rings (SSSR count). The lowest BCUT2D eigenvalue weighted by atomic mass is 9.81. The molecule has 1 unspecified atom stereocenters. The second-order valence-corrected chi connectivity index (χ2v) is 8.50. The molecule has 1 aliphatic carbocycles. The van der Waals surface area contributed by atoms with Crippen molar-refractivity contribution in [3.8, 4) is 11.5 Å². The van der Waals surface area contributed by atoms with Crippen molar-refractivity contribution in [2.75, 3.05) is 38.0 Å². The van der Waals surface area contributed by atoms with Gasteiger partial charge in [0.25, 0.3) is 0 Å². The molecule has 32 heavy (non-hydrogen) atoms. The quantitative estimate of drug-likeness (QED) is 0.522. The summed E-state index contributed by atoms with van der Waals surface area (Å²) in [6, 6.07) is 10.5. The topological polar surface area (TPSA) is 81.1 Å². The molecular weight excluding hydrogens is 404 g/mol. The van der Waals surface area contributed by atoms with Crippen LogP contribution in [0.5, 0.6) is 11.5 Å². The Labute approximate surface area is 189 Å². The third kappa shape index (κ3) is 5.19. The molecule has 2 aromatic rings. The van der Waals surface area contributed by atoms with Crippen LogP contribution in [0.1, 0.15) is 30.4 Å². The molecule has 0 amide bonds. The first-order valence-electron chi connectivity index (χ1n) is 10.6. The number of phenolic OH excluding ortho intramolecular Hbond substituents is 2. The number of anilines is 2. The van der Waals surface area contributed by atoms with Gasteiger partial charge in [-0.15, -0.1) is 0 Å². The van der Waals surface area contributed by atoms with E-state index in [1.165, 1.54) is 6.08 Å². The Bertz CT molecular complexity index is 1080. The van der Waals surface area contributed by atoms with Crippen LogP contribution in [0.25, 0.3) is 12.2 Å². The second-order valence-electron chi connectivity index (χ2n) is 8.50. The molecule has 0 bridgehead atoms. The van der Waals surface area contributed by atoms with Gasteiger partial charge in [-0.1, -0.05) is 18.2 Å². The number of benzene rings is 2. The molecule has 2 N–H and O–H groups in total. The van der Waals surface area contributed by atoms with Crippen LogP contribution in [0, 0.1) is 5.92 Å². The standard InChI is InChI=1S/C26H30N2O4/c1-27(2)21-11-8-17(15-24(21)30)10-13-23(29)20-7-5-6-19(26(20)32)14-18-9-12-22(28(3)4)25(31)16-18/h8-16,20,30-31H,5-7H2,1-4H3/b13-10+,19-14+. The molecule has 1 fully saturated rings. The van der Waals surface area contributed by atoms with Crippen LogP contribution in [0.4, 0.5) is 11.4 Å². The fraction of sp³-hybridized carbons (Fsp3) is 0.308. The Kier molecular flexibility index (Phi) is 7.03. The van der Waals surface area contributed by atoms with Gasteiger partial charge in [0, 0.05) is 28.2 Å². The number of rotatable bonds is 6. The van der Waals surface area contributed by atoms with Crippen molar-refractivity contribution >= 4 is 35.1 Å². The highest BCUT2D eigenvalue weighted by molar-refractivity contribution is 6.16. The first-order valence-corrected chi connectivity index (χ1v) is 10.6. The van der Waals surface area contributed by atoms with E-state index in [0.29, 0.717) is 35.4 Å². The van der Waals surface area contributed by atoms with Crippen molar-refractivity contribution in [2.45, 2.75) is 19.3 Å². The molecule has 6 nitrogen and oxygen atoms in total. The van der Waals surface area contributed by atoms with Crippen LogP contribution < -0.4 is 9.80 Å². The fourth-order valence-corrected chi connectivity index (χ4v) is 3.92. The van der Waals surface area contributed by atoms with Gasteiger partial charge in [0.05, 0.1) is 17.3 Å². The monoisotopic (exact) mass is 434 g/mol. The van der Waals surface area contributed by atoms with Gasteiger partial charge in [0.2, 0.25) is 0 Å². The van der Waals surface area contributed by atoms with E-state index in [1.807, 2.05) is 45.2 Å². The molecule has 168 valence electrons. The summed E-state index contributed by atoms with van der Waals surface area (Å²) < 4.78 is 0. The lowest BCUT2D eigenvalue weighted by Crippen LogP contribution is -2.27. The van der Waals surface area contributed by atoms with Gasteiger partial charge < -0.3 is 20.0 Å². The van der Waals surface area contributed by atoms with Crippen molar-refractivity contribution in [1.82, 2.24) is 0 Å². The molecule has 0 heterocycles. The highest BCUT2D eigenvalue weighted by Gasteiger charge is 2.30. The van der Waals surface area contributed by atoms with E-state index in [1.54, 1.807) is 41.3 Å². The number of Topliss-reactive ketones (excluding diaryl/α,β-unsaturated/α-hetero) is 1. The van der Waals surface area contributed by atoms with E-state index in [-0.39, 0.29) is 23.1 Å². The summed E-state index contributed by atoms with van der Waals surface area (Å²) in [6.45, 7) is 0. The normalized spacial score (nSPS) is 17.7. The average Bonchev–Trinajstić information content (AvgIpc) is 2.73. The molecule has 0 saturated heterocycles. The molecule has 0 aliphatic heterocycles. The Morgan fingerprint density at radius 1 is 0.938 bits per heavy atom. The van der Waals surface area contributed by atoms with Gasteiger partial charge >= 0.3 is 0 Å². The van der Waals surface area contributed by atoms with Gasteiger partial charge in [0.15, 0.2) is 11.6 Å². The SMILES string of the molecule is CN(C)c1ccc(/C=C/C(=O)C2CCC/C(=C\c3ccc(N(C)C)c(O)c3)C2=O)cc1O. The zero-order valence-electron chi connectivity index (χ0n) is 19.0. The third-order valence-corrected chi connectivity index (χ3v) is 5.66. The highest BCUT2D eigenvalue weighted by Crippen LogP contribution is 2.31. The summed E-state index contributed by atoms with van der Waals surface area (Å²) in [6.07, 6.45) is 6.71. The van der Waals surface area contributed by atoms with Crippen molar-refractivity contribution < 1.29 is 19.8 Å². The van der Waals surface area contributed by atoms with E-state index in [9.17, 15) is 19.8 Å². The lowest BCUT2D eigenvalue weighted by Gasteiger charge is -2.21. The molecular formula is C26H30N2O4. The Morgan fingerprint density at radius 3 is 2.06 bits per heavy atom. The maximum atomic E-state index is 13.0. The Morgan fingerprint density at radius 2 is 1.50 bits per heavy atom. The van der Waals surface area contributed by atoms with Crippen LogP contribution in [0.15, 0.2) is 48.0 Å². The summed E-state index contributed by atoms with van der Waals surface area (Å²) in [7, 11) is 7.37. The average molecular weight is 435 g/mol. The summed E-state index contributed by atoms with van der Waals surface area (Å²) in [5.74, 6) is -0.815. The van der Waals surface area contributed by atoms with Crippen molar-refractivity contribution in [1.29, 1.82) is 0 Å². The molecule has 0 radical (unpaired) electrons. The smallest absolute Gasteiger partial charge is 0.169 e. The number of allylic oxidation sites excluding steroid dienone is 2. The summed E-state index contributed by atoms with van der Waals surface area (Å²) in [5, 5.41) is 20.3. The minimum atomic E-state index is -0.699. The predicted molar refractivity (Wildman–Crippen MR) is 129 cm³/mol. The largest absolute Gasteiger partial charge is 0.506 e. The van der Waals surface area contributed by atoms with Crippen molar-refractivity contribution in [2.24, 2.45) is 5.92 Å². The first-order chi connectivity index (χ1) is 15.2. The molecule has 1 aliphatic rings. The zero-order valence-corrected chi connectivity index (χ0v) is 19.0. The van der Waals surface area contributed by atoms with Crippen molar-refractivity contribution in [3.63, 3.8) is 0 Å². The molecule has 0 spiro atoms. The zero-order chi connectivity index (χ0) is 23.4. The molecule has 1 atom stereocenters. The Balaban J connectivity index is 1.75. The van der Waals surface area contributed by atoms with Gasteiger partial charge in [-0.05, 0) is 72.4 Å². The first kappa shape index (κ1) is 23.1. The number of carbonyl (C=O) groups excluding carboxylic acids is 2. The molecule has 1 saturated carbocycles. The van der Waals surface area contributed by atoms with Crippen LogP contribution in [-0.4, -0.2) is 50.0 Å². The van der Waals surface area contributed by atoms with Gasteiger partial charge in [-0.2, -0.15) is 0 Å².